The molecular formula is C13H16N2O4. The van der Waals surface area contributed by atoms with Crippen molar-refractivity contribution in [3.63, 3.8) is 0 Å². The first kappa shape index (κ1) is 13.2. The Labute approximate surface area is 111 Å². The van der Waals surface area contributed by atoms with Crippen LogP contribution in [0.4, 0.5) is 0 Å². The van der Waals surface area contributed by atoms with E-state index in [4.69, 9.17) is 24.5 Å². The van der Waals surface area contributed by atoms with Crippen LogP contribution in [0.2, 0.25) is 0 Å². The molecule has 2 N–H and O–H groups in total. The van der Waals surface area contributed by atoms with Gasteiger partial charge in [-0.3, -0.25) is 0 Å². The van der Waals surface area contributed by atoms with Crippen molar-refractivity contribution in [2.24, 2.45) is 5.73 Å². The van der Waals surface area contributed by atoms with Gasteiger partial charge in [-0.2, -0.15) is 0 Å². The number of aromatic nitrogens is 1. The van der Waals surface area contributed by atoms with Crippen LogP contribution in [0.15, 0.2) is 28.8 Å². The van der Waals surface area contributed by atoms with Crippen molar-refractivity contribution < 1.29 is 18.7 Å². The second-order valence-electron chi connectivity index (χ2n) is 3.77. The zero-order valence-electron chi connectivity index (χ0n) is 10.9. The maximum absolute atomic E-state index is 5.67. The lowest BCUT2D eigenvalue weighted by Gasteiger charge is -2.12. The van der Waals surface area contributed by atoms with Crippen LogP contribution < -0.4 is 19.9 Å². The summed E-state index contributed by atoms with van der Waals surface area (Å²) in [7, 11) is 3.14. The Bertz CT molecular complexity index is 517. The fraction of sp³-hybridized carbons (Fsp3) is 0.308. The van der Waals surface area contributed by atoms with Gasteiger partial charge in [0, 0.05) is 12.6 Å². The van der Waals surface area contributed by atoms with Crippen molar-refractivity contribution in [1.82, 2.24) is 5.16 Å². The number of nitrogens with two attached hydrogens (primary N) is 1. The number of rotatable bonds is 6. The zero-order valence-corrected chi connectivity index (χ0v) is 10.9. The molecule has 0 aliphatic carbocycles. The number of nitrogens with zero attached hydrogens (tertiary/aromatic N) is 1. The monoisotopic (exact) mass is 264 g/mol. The lowest BCUT2D eigenvalue weighted by molar-refractivity contribution is 0.228. The van der Waals surface area contributed by atoms with E-state index in [1.165, 1.54) is 0 Å². The van der Waals surface area contributed by atoms with Crippen LogP contribution in [-0.2, 0) is 13.2 Å². The first-order valence-corrected chi connectivity index (χ1v) is 5.76. The Kier molecular flexibility index (Phi) is 4.25. The lowest BCUT2D eigenvalue weighted by Crippen LogP contribution is -1.99. The zero-order chi connectivity index (χ0) is 13.7. The van der Waals surface area contributed by atoms with Crippen LogP contribution in [0.3, 0.4) is 0 Å². The summed E-state index contributed by atoms with van der Waals surface area (Å²) in [6.07, 6.45) is 0. The fourth-order valence-electron chi connectivity index (χ4n) is 1.62. The molecule has 1 heterocycles. The van der Waals surface area contributed by atoms with Crippen molar-refractivity contribution in [3.8, 4) is 17.2 Å². The molecule has 0 amide bonds. The van der Waals surface area contributed by atoms with E-state index in [9.17, 15) is 0 Å². The third-order valence-electron chi connectivity index (χ3n) is 2.56. The summed E-state index contributed by atoms with van der Waals surface area (Å²) in [5.41, 5.74) is 6.14. The van der Waals surface area contributed by atoms with E-state index in [1.807, 2.05) is 6.07 Å². The number of para-hydroxylation sites is 1. The molecular weight excluding hydrogens is 248 g/mol. The standard InChI is InChI=1S/C13H16N2O4/c1-16-11-4-3-5-12(17-2)13(11)18-8-10-6-9(7-14)15-19-10/h3-6H,7-8,14H2,1-2H3. The van der Waals surface area contributed by atoms with E-state index in [-0.39, 0.29) is 6.61 Å². The molecule has 6 nitrogen and oxygen atoms in total. The van der Waals surface area contributed by atoms with Gasteiger partial charge in [0.15, 0.2) is 17.3 Å². The molecule has 0 saturated carbocycles. The summed E-state index contributed by atoms with van der Waals surface area (Å²) in [5.74, 6) is 2.31. The van der Waals surface area contributed by atoms with E-state index in [1.54, 1.807) is 32.4 Å². The summed E-state index contributed by atoms with van der Waals surface area (Å²) in [4.78, 5) is 0. The summed E-state index contributed by atoms with van der Waals surface area (Å²) in [6.45, 7) is 0.561. The molecule has 0 aliphatic heterocycles. The molecule has 1 aromatic heterocycles. The van der Waals surface area contributed by atoms with Crippen LogP contribution in [0, 0.1) is 0 Å². The molecule has 0 saturated heterocycles. The molecule has 0 atom stereocenters. The average molecular weight is 264 g/mol. The number of methoxy groups -OCH3 is 2. The van der Waals surface area contributed by atoms with Crippen LogP contribution in [-0.4, -0.2) is 19.4 Å². The van der Waals surface area contributed by atoms with Crippen molar-refractivity contribution in [3.05, 3.63) is 35.7 Å². The van der Waals surface area contributed by atoms with Gasteiger partial charge in [-0.05, 0) is 12.1 Å². The molecule has 102 valence electrons. The lowest BCUT2D eigenvalue weighted by atomic mass is 10.3. The van der Waals surface area contributed by atoms with E-state index in [0.717, 1.165) is 0 Å². The predicted octanol–water partition coefficient (Wildman–Crippen LogP) is 1.73. The summed E-state index contributed by atoms with van der Waals surface area (Å²) in [6, 6.07) is 7.17. The van der Waals surface area contributed by atoms with E-state index in [0.29, 0.717) is 35.2 Å². The molecule has 2 rings (SSSR count). The number of benzene rings is 1. The molecule has 6 heteroatoms. The van der Waals surface area contributed by atoms with Crippen LogP contribution in [0.5, 0.6) is 17.2 Å². The largest absolute Gasteiger partial charge is 0.493 e. The minimum atomic E-state index is 0.226. The molecule has 0 fully saturated rings. The average Bonchev–Trinajstić information content (AvgIpc) is 2.92. The maximum Gasteiger partial charge on any atom is 0.203 e. The Morgan fingerprint density at radius 2 is 1.89 bits per heavy atom. The van der Waals surface area contributed by atoms with Gasteiger partial charge >= 0.3 is 0 Å². The molecule has 0 spiro atoms. The van der Waals surface area contributed by atoms with Gasteiger partial charge in [0.05, 0.1) is 19.9 Å². The van der Waals surface area contributed by atoms with E-state index < -0.39 is 0 Å². The van der Waals surface area contributed by atoms with Gasteiger partial charge in [-0.15, -0.1) is 0 Å². The van der Waals surface area contributed by atoms with Crippen LogP contribution in [0.1, 0.15) is 11.5 Å². The third-order valence-corrected chi connectivity index (χ3v) is 2.56. The maximum atomic E-state index is 5.67. The van der Waals surface area contributed by atoms with Crippen LogP contribution in [0.25, 0.3) is 0 Å². The van der Waals surface area contributed by atoms with Crippen molar-refractivity contribution >= 4 is 0 Å². The van der Waals surface area contributed by atoms with Gasteiger partial charge < -0.3 is 24.5 Å². The van der Waals surface area contributed by atoms with Gasteiger partial charge in [0.25, 0.3) is 0 Å². The summed E-state index contributed by atoms with van der Waals surface area (Å²) < 4.78 is 21.2. The smallest absolute Gasteiger partial charge is 0.203 e. The fourth-order valence-corrected chi connectivity index (χ4v) is 1.62. The summed E-state index contributed by atoms with van der Waals surface area (Å²) >= 11 is 0. The SMILES string of the molecule is COc1cccc(OC)c1OCc1cc(CN)no1. The molecule has 1 aromatic carbocycles. The molecule has 2 aromatic rings. The highest BCUT2D eigenvalue weighted by atomic mass is 16.5. The predicted molar refractivity (Wildman–Crippen MR) is 68.3 cm³/mol. The van der Waals surface area contributed by atoms with Crippen molar-refractivity contribution in [2.45, 2.75) is 13.2 Å². The Morgan fingerprint density at radius 1 is 1.21 bits per heavy atom. The Hall–Kier alpha value is -2.21. The summed E-state index contributed by atoms with van der Waals surface area (Å²) in [5, 5.41) is 3.79. The second-order valence-corrected chi connectivity index (χ2v) is 3.77. The third kappa shape index (κ3) is 2.97. The first-order chi connectivity index (χ1) is 9.28. The van der Waals surface area contributed by atoms with Gasteiger partial charge in [0.1, 0.15) is 6.61 Å². The second kappa shape index (κ2) is 6.10. The molecule has 19 heavy (non-hydrogen) atoms. The molecule has 0 unspecified atom stereocenters. The number of ether oxygens (including phenoxy) is 3. The van der Waals surface area contributed by atoms with Crippen molar-refractivity contribution in [1.29, 1.82) is 0 Å². The highest BCUT2D eigenvalue weighted by Gasteiger charge is 2.12. The van der Waals surface area contributed by atoms with Gasteiger partial charge in [0.2, 0.25) is 5.75 Å². The first-order valence-electron chi connectivity index (χ1n) is 5.76. The van der Waals surface area contributed by atoms with E-state index >= 15 is 0 Å². The number of hydrogen-bond acceptors (Lipinski definition) is 6. The van der Waals surface area contributed by atoms with Gasteiger partial charge in [-0.25, -0.2) is 0 Å². The molecule has 0 radical (unpaired) electrons. The van der Waals surface area contributed by atoms with Gasteiger partial charge in [-0.1, -0.05) is 11.2 Å². The topological polar surface area (TPSA) is 79.7 Å². The highest BCUT2D eigenvalue weighted by Crippen LogP contribution is 2.37. The Morgan fingerprint density at radius 3 is 2.42 bits per heavy atom. The van der Waals surface area contributed by atoms with Crippen molar-refractivity contribution in [2.75, 3.05) is 14.2 Å². The minimum Gasteiger partial charge on any atom is -0.493 e. The molecule has 0 bridgehead atoms. The minimum absolute atomic E-state index is 0.226. The quantitative estimate of drug-likeness (QED) is 0.855. The highest BCUT2D eigenvalue weighted by molar-refractivity contribution is 5.51. The Balaban J connectivity index is 2.13. The van der Waals surface area contributed by atoms with Crippen LogP contribution >= 0.6 is 0 Å². The van der Waals surface area contributed by atoms with E-state index in [2.05, 4.69) is 5.16 Å². The number of hydrogen-bond donors (Lipinski definition) is 1. The molecule has 0 aliphatic rings. The normalized spacial score (nSPS) is 10.3.